The molecule has 1 aliphatic heterocycles. The first-order chi connectivity index (χ1) is 10.9. The molecule has 0 aromatic carbocycles. The molecule has 0 saturated carbocycles. The molecule has 8 heteroatoms. The average molecular weight is 340 g/mol. The molecule has 1 amide bonds. The average Bonchev–Trinajstić information content (AvgIpc) is 2.73. The molecule has 0 aliphatic carbocycles. The third-order valence-electron chi connectivity index (χ3n) is 4.03. The zero-order valence-corrected chi connectivity index (χ0v) is 14.5. The van der Waals surface area contributed by atoms with Crippen LogP contribution in [0.2, 0.25) is 0 Å². The number of aryl methyl sites for hydroxylation is 2. The Morgan fingerprint density at radius 3 is 2.65 bits per heavy atom. The SMILES string of the molecule is C=CCCC(=O)N1CCCN(S(=O)(=O)c2c(C)n[nH]c2C)CC1. The van der Waals surface area contributed by atoms with Gasteiger partial charge in [0.1, 0.15) is 4.90 Å². The number of sulfonamides is 1. The molecule has 23 heavy (non-hydrogen) atoms. The lowest BCUT2D eigenvalue weighted by atomic mass is 10.2. The number of hydrogen-bond donors (Lipinski definition) is 1. The molecular formula is C15H24N4O3S. The van der Waals surface area contributed by atoms with E-state index in [9.17, 15) is 13.2 Å². The maximum absolute atomic E-state index is 12.8. The van der Waals surface area contributed by atoms with E-state index in [1.807, 2.05) is 0 Å². The number of H-pyrrole nitrogens is 1. The lowest BCUT2D eigenvalue weighted by Gasteiger charge is -2.22. The van der Waals surface area contributed by atoms with Gasteiger partial charge in [0, 0.05) is 32.6 Å². The van der Waals surface area contributed by atoms with Crippen molar-refractivity contribution in [3.8, 4) is 0 Å². The van der Waals surface area contributed by atoms with Crippen LogP contribution in [-0.2, 0) is 14.8 Å². The molecule has 1 N–H and O–H groups in total. The predicted molar refractivity (Wildman–Crippen MR) is 87.4 cm³/mol. The van der Waals surface area contributed by atoms with Gasteiger partial charge in [0.25, 0.3) is 0 Å². The molecule has 0 radical (unpaired) electrons. The van der Waals surface area contributed by atoms with Crippen LogP contribution in [0, 0.1) is 13.8 Å². The molecule has 1 aromatic heterocycles. The van der Waals surface area contributed by atoms with Gasteiger partial charge in [-0.15, -0.1) is 6.58 Å². The van der Waals surface area contributed by atoms with Crippen LogP contribution in [0.1, 0.15) is 30.7 Å². The summed E-state index contributed by atoms with van der Waals surface area (Å²) < 4.78 is 27.1. The lowest BCUT2D eigenvalue weighted by molar-refractivity contribution is -0.130. The molecule has 0 unspecified atom stereocenters. The molecule has 1 saturated heterocycles. The van der Waals surface area contributed by atoms with E-state index < -0.39 is 10.0 Å². The fourth-order valence-corrected chi connectivity index (χ4v) is 4.62. The lowest BCUT2D eigenvalue weighted by Crippen LogP contribution is -2.37. The minimum atomic E-state index is -3.58. The highest BCUT2D eigenvalue weighted by molar-refractivity contribution is 7.89. The van der Waals surface area contributed by atoms with Crippen molar-refractivity contribution in [2.75, 3.05) is 26.2 Å². The molecule has 0 atom stereocenters. The van der Waals surface area contributed by atoms with Crippen molar-refractivity contribution < 1.29 is 13.2 Å². The summed E-state index contributed by atoms with van der Waals surface area (Å²) in [6.45, 7) is 8.74. The molecule has 1 fully saturated rings. The van der Waals surface area contributed by atoms with Crippen LogP contribution < -0.4 is 0 Å². The Balaban J connectivity index is 2.11. The minimum Gasteiger partial charge on any atom is -0.341 e. The molecule has 128 valence electrons. The molecule has 0 bridgehead atoms. The van der Waals surface area contributed by atoms with Crippen molar-refractivity contribution >= 4 is 15.9 Å². The van der Waals surface area contributed by atoms with Crippen LogP contribution in [0.4, 0.5) is 0 Å². The van der Waals surface area contributed by atoms with Gasteiger partial charge >= 0.3 is 0 Å². The monoisotopic (exact) mass is 340 g/mol. The molecule has 2 rings (SSSR count). The summed E-state index contributed by atoms with van der Waals surface area (Å²) >= 11 is 0. The molecule has 1 aliphatic rings. The van der Waals surface area contributed by atoms with Crippen LogP contribution in [0.15, 0.2) is 17.6 Å². The maximum atomic E-state index is 12.8. The van der Waals surface area contributed by atoms with Crippen LogP contribution in [0.3, 0.4) is 0 Å². The van der Waals surface area contributed by atoms with E-state index in [2.05, 4.69) is 16.8 Å². The van der Waals surface area contributed by atoms with Crippen molar-refractivity contribution in [1.29, 1.82) is 0 Å². The normalized spacial score (nSPS) is 17.0. The smallest absolute Gasteiger partial charge is 0.246 e. The summed E-state index contributed by atoms with van der Waals surface area (Å²) in [5.41, 5.74) is 1.02. The number of hydrogen-bond acceptors (Lipinski definition) is 4. The summed E-state index contributed by atoms with van der Waals surface area (Å²) in [4.78, 5) is 14.1. The van der Waals surface area contributed by atoms with Gasteiger partial charge in [0.05, 0.1) is 11.4 Å². The molecule has 2 heterocycles. The maximum Gasteiger partial charge on any atom is 0.246 e. The molecule has 7 nitrogen and oxygen atoms in total. The Labute approximate surface area is 137 Å². The highest BCUT2D eigenvalue weighted by Gasteiger charge is 2.31. The van der Waals surface area contributed by atoms with Crippen molar-refractivity contribution in [1.82, 2.24) is 19.4 Å². The molecular weight excluding hydrogens is 316 g/mol. The second-order valence-corrected chi connectivity index (χ2v) is 7.60. The predicted octanol–water partition coefficient (Wildman–Crippen LogP) is 1.22. The number of aromatic nitrogens is 2. The number of nitrogens with one attached hydrogen (secondary N) is 1. The third kappa shape index (κ3) is 3.81. The van der Waals surface area contributed by atoms with Crippen LogP contribution in [0.5, 0.6) is 0 Å². The summed E-state index contributed by atoms with van der Waals surface area (Å²) in [7, 11) is -3.58. The second kappa shape index (κ2) is 7.27. The Bertz CT molecular complexity index is 661. The van der Waals surface area contributed by atoms with E-state index in [1.165, 1.54) is 4.31 Å². The number of nitrogens with zero attached hydrogens (tertiary/aromatic N) is 3. The van der Waals surface area contributed by atoms with Gasteiger partial charge in [-0.25, -0.2) is 8.42 Å². The Kier molecular flexibility index (Phi) is 5.59. The standard InChI is InChI=1S/C15H24N4O3S/c1-4-5-7-14(20)18-8-6-9-19(11-10-18)23(21,22)15-12(2)16-17-13(15)3/h4H,1,5-11H2,2-3H3,(H,16,17). The van der Waals surface area contributed by atoms with Crippen LogP contribution >= 0.6 is 0 Å². The van der Waals surface area contributed by atoms with E-state index in [-0.39, 0.29) is 10.8 Å². The molecule has 0 spiro atoms. The van der Waals surface area contributed by atoms with Crippen LogP contribution in [0.25, 0.3) is 0 Å². The van der Waals surface area contributed by atoms with Gasteiger partial charge in [-0.1, -0.05) is 6.08 Å². The summed E-state index contributed by atoms with van der Waals surface area (Å²) in [5, 5.41) is 6.69. The first-order valence-corrected chi connectivity index (χ1v) is 9.22. The van der Waals surface area contributed by atoms with Crippen molar-refractivity contribution in [2.45, 2.75) is 38.0 Å². The molecule has 1 aromatic rings. The number of aromatic amines is 1. The second-order valence-electron chi connectivity index (χ2n) is 5.73. The Hall–Kier alpha value is -1.67. The van der Waals surface area contributed by atoms with Crippen molar-refractivity contribution in [2.24, 2.45) is 0 Å². The van der Waals surface area contributed by atoms with Crippen LogP contribution in [-0.4, -0.2) is 59.9 Å². The van der Waals surface area contributed by atoms with Gasteiger partial charge in [-0.2, -0.15) is 9.40 Å². The van der Waals surface area contributed by atoms with Gasteiger partial charge in [0.15, 0.2) is 0 Å². The number of allylic oxidation sites excluding steroid dienone is 1. The van der Waals surface area contributed by atoms with E-state index in [0.717, 1.165) is 0 Å². The Morgan fingerprint density at radius 1 is 1.30 bits per heavy atom. The van der Waals surface area contributed by atoms with Gasteiger partial charge in [-0.05, 0) is 26.7 Å². The summed E-state index contributed by atoms with van der Waals surface area (Å²) in [5.74, 6) is 0.0554. The quantitative estimate of drug-likeness (QED) is 0.817. The number of carbonyl (C=O) groups excluding carboxylic acids is 1. The number of carbonyl (C=O) groups is 1. The fraction of sp³-hybridized carbons (Fsp3) is 0.600. The van der Waals surface area contributed by atoms with E-state index in [0.29, 0.717) is 56.8 Å². The highest BCUT2D eigenvalue weighted by Crippen LogP contribution is 2.22. The third-order valence-corrected chi connectivity index (χ3v) is 6.19. The van der Waals surface area contributed by atoms with Gasteiger partial charge in [0.2, 0.25) is 15.9 Å². The van der Waals surface area contributed by atoms with Crippen molar-refractivity contribution in [3.05, 3.63) is 24.0 Å². The topological polar surface area (TPSA) is 86.4 Å². The number of rotatable bonds is 5. The van der Waals surface area contributed by atoms with Gasteiger partial charge in [-0.3, -0.25) is 9.89 Å². The first-order valence-electron chi connectivity index (χ1n) is 7.78. The minimum absolute atomic E-state index is 0.0554. The zero-order valence-electron chi connectivity index (χ0n) is 13.7. The van der Waals surface area contributed by atoms with Gasteiger partial charge < -0.3 is 4.90 Å². The summed E-state index contributed by atoms with van der Waals surface area (Å²) in [6, 6.07) is 0. The van der Waals surface area contributed by atoms with Crippen molar-refractivity contribution in [3.63, 3.8) is 0 Å². The van der Waals surface area contributed by atoms with E-state index in [1.54, 1.807) is 24.8 Å². The first kappa shape index (κ1) is 17.7. The fourth-order valence-electron chi connectivity index (χ4n) is 2.82. The number of amides is 1. The summed E-state index contributed by atoms with van der Waals surface area (Å²) in [6.07, 6.45) is 3.42. The Morgan fingerprint density at radius 2 is 2.04 bits per heavy atom. The zero-order chi connectivity index (χ0) is 17.0. The highest BCUT2D eigenvalue weighted by atomic mass is 32.2. The van der Waals surface area contributed by atoms with E-state index in [4.69, 9.17) is 0 Å². The largest absolute Gasteiger partial charge is 0.341 e. The van der Waals surface area contributed by atoms with E-state index >= 15 is 0 Å².